The second-order valence-corrected chi connectivity index (χ2v) is 5.91. The Morgan fingerprint density at radius 1 is 0.952 bits per heavy atom. The van der Waals surface area contributed by atoms with Crippen LogP contribution in [0.5, 0.6) is 0 Å². The zero-order valence-electron chi connectivity index (χ0n) is 11.4. The number of pyridine rings is 1. The van der Waals surface area contributed by atoms with Crippen molar-refractivity contribution in [1.29, 1.82) is 0 Å². The summed E-state index contributed by atoms with van der Waals surface area (Å²) in [6.45, 7) is 0. The van der Waals surface area contributed by atoms with Gasteiger partial charge < -0.3 is 0 Å². The molecule has 21 heavy (non-hydrogen) atoms. The van der Waals surface area contributed by atoms with E-state index >= 15 is 0 Å². The summed E-state index contributed by atoms with van der Waals surface area (Å²) in [7, 11) is 0. The smallest absolute Gasteiger partial charge is 0.143 e. The topological polar surface area (TPSA) is 30.0 Å². The molecule has 0 aliphatic carbocycles. The molecule has 0 spiro atoms. The van der Waals surface area contributed by atoms with E-state index in [1.807, 2.05) is 36.4 Å². The molecule has 0 unspecified atom stereocenters. The number of hydrogen-bond donors (Lipinski definition) is 0. The number of halogens is 1. The van der Waals surface area contributed by atoms with Crippen LogP contribution in [-0.4, -0.2) is 10.8 Å². The lowest BCUT2D eigenvalue weighted by Gasteiger charge is -2.06. The predicted octanol–water partition coefficient (Wildman–Crippen LogP) is 4.35. The van der Waals surface area contributed by atoms with Gasteiger partial charge in [0.15, 0.2) is 0 Å². The number of nitrogens with zero attached hydrogens (tertiary/aromatic N) is 1. The zero-order chi connectivity index (χ0) is 14.7. The average molecular weight is 340 g/mol. The maximum atomic E-state index is 12.3. The first-order valence-electron chi connectivity index (χ1n) is 6.81. The largest absolute Gasteiger partial charge is 0.299 e. The number of carbonyl (C=O) groups excluding carboxylic acids is 1. The number of carbonyl (C=O) groups is 1. The molecule has 0 N–H and O–H groups in total. The van der Waals surface area contributed by atoms with Gasteiger partial charge in [0, 0.05) is 29.2 Å². The number of fused-ring (bicyclic) bond motifs is 1. The van der Waals surface area contributed by atoms with Crippen molar-refractivity contribution in [2.24, 2.45) is 0 Å². The van der Waals surface area contributed by atoms with Gasteiger partial charge in [-0.2, -0.15) is 0 Å². The Morgan fingerprint density at radius 2 is 1.76 bits per heavy atom. The van der Waals surface area contributed by atoms with Crippen molar-refractivity contribution in [3.63, 3.8) is 0 Å². The van der Waals surface area contributed by atoms with E-state index in [4.69, 9.17) is 0 Å². The fourth-order valence-electron chi connectivity index (χ4n) is 2.43. The van der Waals surface area contributed by atoms with E-state index in [1.54, 1.807) is 6.20 Å². The van der Waals surface area contributed by atoms with Gasteiger partial charge in [0.2, 0.25) is 0 Å². The first-order valence-corrected chi connectivity index (χ1v) is 7.60. The van der Waals surface area contributed by atoms with Crippen LogP contribution < -0.4 is 0 Å². The van der Waals surface area contributed by atoms with Crippen LogP contribution in [0.3, 0.4) is 0 Å². The molecule has 2 nitrogen and oxygen atoms in total. The molecule has 0 atom stereocenters. The van der Waals surface area contributed by atoms with Gasteiger partial charge in [0.05, 0.1) is 0 Å². The van der Waals surface area contributed by atoms with Crippen LogP contribution >= 0.6 is 15.9 Å². The highest BCUT2D eigenvalue weighted by molar-refractivity contribution is 9.10. The van der Waals surface area contributed by atoms with Crippen molar-refractivity contribution >= 4 is 32.5 Å². The molecule has 104 valence electrons. The van der Waals surface area contributed by atoms with Crippen LogP contribution in [0.25, 0.3) is 10.8 Å². The molecule has 2 aromatic carbocycles. The average Bonchev–Trinajstić information content (AvgIpc) is 2.50. The lowest BCUT2D eigenvalue weighted by Crippen LogP contribution is -2.08. The van der Waals surface area contributed by atoms with E-state index in [-0.39, 0.29) is 5.78 Å². The Labute approximate surface area is 132 Å². The fourth-order valence-corrected chi connectivity index (χ4v) is 2.67. The number of hydrogen-bond acceptors (Lipinski definition) is 2. The Morgan fingerprint density at radius 3 is 2.57 bits per heavy atom. The van der Waals surface area contributed by atoms with Crippen LogP contribution in [0.15, 0.2) is 65.3 Å². The summed E-state index contributed by atoms with van der Waals surface area (Å²) in [6, 6.07) is 18.0. The summed E-state index contributed by atoms with van der Waals surface area (Å²) >= 11 is 3.35. The number of aromatic nitrogens is 1. The zero-order valence-corrected chi connectivity index (χ0v) is 13.0. The third kappa shape index (κ3) is 3.37. The number of ketones is 1. The Kier molecular flexibility index (Phi) is 4.11. The van der Waals surface area contributed by atoms with Crippen LogP contribution in [-0.2, 0) is 17.6 Å². The molecule has 0 amide bonds. The quantitative estimate of drug-likeness (QED) is 0.707. The first-order chi connectivity index (χ1) is 10.2. The lowest BCUT2D eigenvalue weighted by molar-refractivity contribution is -0.117. The van der Waals surface area contributed by atoms with Crippen molar-refractivity contribution in [2.75, 3.05) is 0 Å². The van der Waals surface area contributed by atoms with Gasteiger partial charge in [0.1, 0.15) is 5.78 Å². The van der Waals surface area contributed by atoms with Crippen molar-refractivity contribution in [2.45, 2.75) is 12.8 Å². The second kappa shape index (κ2) is 6.19. The SMILES string of the molecule is O=C(Cc1ccc(Br)cn1)Cc1cccc2ccccc12. The lowest BCUT2D eigenvalue weighted by atomic mass is 9.99. The monoisotopic (exact) mass is 339 g/mol. The highest BCUT2D eigenvalue weighted by Gasteiger charge is 2.08. The maximum absolute atomic E-state index is 12.3. The van der Waals surface area contributed by atoms with E-state index in [9.17, 15) is 4.79 Å². The van der Waals surface area contributed by atoms with Crippen molar-refractivity contribution < 1.29 is 4.79 Å². The standard InChI is InChI=1S/C18H14BrNO/c19-15-8-9-16(20-12-15)11-17(21)10-14-6-3-5-13-4-1-2-7-18(13)14/h1-9,12H,10-11H2. The molecule has 0 saturated carbocycles. The third-order valence-electron chi connectivity index (χ3n) is 3.43. The van der Waals surface area contributed by atoms with Crippen molar-refractivity contribution in [3.8, 4) is 0 Å². The van der Waals surface area contributed by atoms with Gasteiger partial charge in [-0.15, -0.1) is 0 Å². The second-order valence-electron chi connectivity index (χ2n) is 5.00. The molecule has 3 aromatic rings. The molecule has 3 heteroatoms. The van der Waals surface area contributed by atoms with E-state index < -0.39 is 0 Å². The molecular weight excluding hydrogens is 326 g/mol. The summed E-state index contributed by atoms with van der Waals surface area (Å²) in [5, 5.41) is 2.32. The summed E-state index contributed by atoms with van der Waals surface area (Å²) in [5.41, 5.74) is 1.89. The highest BCUT2D eigenvalue weighted by Crippen LogP contribution is 2.19. The summed E-state index contributed by atoms with van der Waals surface area (Å²) in [4.78, 5) is 16.5. The van der Waals surface area contributed by atoms with Gasteiger partial charge in [-0.05, 0) is 44.4 Å². The number of benzene rings is 2. The minimum Gasteiger partial charge on any atom is -0.299 e. The summed E-state index contributed by atoms with van der Waals surface area (Å²) < 4.78 is 0.924. The van der Waals surface area contributed by atoms with Gasteiger partial charge in [0.25, 0.3) is 0 Å². The fraction of sp³-hybridized carbons (Fsp3) is 0.111. The Balaban J connectivity index is 1.79. The Bertz CT molecular complexity index is 775. The minimum atomic E-state index is 0.182. The molecule has 1 heterocycles. The molecule has 0 saturated heterocycles. The van der Waals surface area contributed by atoms with Gasteiger partial charge in [-0.25, -0.2) is 0 Å². The van der Waals surface area contributed by atoms with Crippen molar-refractivity contribution in [3.05, 3.63) is 76.5 Å². The minimum absolute atomic E-state index is 0.182. The summed E-state index contributed by atoms with van der Waals surface area (Å²) in [5.74, 6) is 0.182. The van der Waals surface area contributed by atoms with E-state index in [0.29, 0.717) is 12.8 Å². The number of rotatable bonds is 4. The van der Waals surface area contributed by atoms with Crippen molar-refractivity contribution in [1.82, 2.24) is 4.98 Å². The molecule has 0 bridgehead atoms. The molecule has 3 rings (SSSR count). The maximum Gasteiger partial charge on any atom is 0.143 e. The van der Waals surface area contributed by atoms with Crippen LogP contribution in [0, 0.1) is 0 Å². The third-order valence-corrected chi connectivity index (χ3v) is 3.90. The molecule has 1 aromatic heterocycles. The predicted molar refractivity (Wildman–Crippen MR) is 88.3 cm³/mol. The van der Waals surface area contributed by atoms with E-state index in [2.05, 4.69) is 39.1 Å². The molecule has 0 radical (unpaired) electrons. The normalized spacial score (nSPS) is 10.7. The Hall–Kier alpha value is -2.00. The summed E-state index contributed by atoms with van der Waals surface area (Å²) in [6.07, 6.45) is 2.54. The van der Waals surface area contributed by atoms with Crippen LogP contribution in [0.4, 0.5) is 0 Å². The van der Waals surface area contributed by atoms with Crippen LogP contribution in [0.2, 0.25) is 0 Å². The molecule has 0 aliphatic rings. The van der Waals surface area contributed by atoms with Gasteiger partial charge >= 0.3 is 0 Å². The van der Waals surface area contributed by atoms with Gasteiger partial charge in [-0.3, -0.25) is 9.78 Å². The molecule has 0 aliphatic heterocycles. The highest BCUT2D eigenvalue weighted by atomic mass is 79.9. The molecular formula is C18H14BrNO. The number of Topliss-reactive ketones (excluding diaryl/α,β-unsaturated/α-hetero) is 1. The van der Waals surface area contributed by atoms with E-state index in [1.165, 1.54) is 5.39 Å². The molecule has 0 fully saturated rings. The van der Waals surface area contributed by atoms with E-state index in [0.717, 1.165) is 21.1 Å². The van der Waals surface area contributed by atoms with Gasteiger partial charge in [-0.1, -0.05) is 42.5 Å². The first kappa shape index (κ1) is 14.0. The van der Waals surface area contributed by atoms with Crippen LogP contribution in [0.1, 0.15) is 11.3 Å².